The van der Waals surface area contributed by atoms with Gasteiger partial charge in [0.1, 0.15) is 0 Å². The minimum atomic E-state index is 0.471. The van der Waals surface area contributed by atoms with Gasteiger partial charge < -0.3 is 10.6 Å². The van der Waals surface area contributed by atoms with Crippen LogP contribution < -0.4 is 10.6 Å². The number of nitrogens with one attached hydrogen (secondary N) is 2. The topological polar surface area (TPSA) is 24.1 Å². The molecule has 1 aliphatic heterocycles. The van der Waals surface area contributed by atoms with Gasteiger partial charge in [-0.2, -0.15) is 0 Å². The highest BCUT2D eigenvalue weighted by Crippen LogP contribution is 2.16. The van der Waals surface area contributed by atoms with E-state index in [0.29, 0.717) is 5.41 Å². The molecule has 1 aliphatic rings. The van der Waals surface area contributed by atoms with Gasteiger partial charge >= 0.3 is 0 Å². The second-order valence-corrected chi connectivity index (χ2v) is 5.64. The fourth-order valence-electron chi connectivity index (χ4n) is 1.87. The lowest BCUT2D eigenvalue weighted by Gasteiger charge is -2.18. The van der Waals surface area contributed by atoms with Crippen LogP contribution in [0.2, 0.25) is 0 Å². The van der Waals surface area contributed by atoms with E-state index in [9.17, 15) is 0 Å². The van der Waals surface area contributed by atoms with Gasteiger partial charge in [0.05, 0.1) is 0 Å². The van der Waals surface area contributed by atoms with Gasteiger partial charge in [0.25, 0.3) is 0 Å². The third-order valence-electron chi connectivity index (χ3n) is 2.88. The van der Waals surface area contributed by atoms with E-state index in [2.05, 4.69) is 31.4 Å². The summed E-state index contributed by atoms with van der Waals surface area (Å²) >= 11 is 0. The highest BCUT2D eigenvalue weighted by molar-refractivity contribution is 4.74. The van der Waals surface area contributed by atoms with Crippen molar-refractivity contribution in [3.63, 3.8) is 0 Å². The lowest BCUT2D eigenvalue weighted by Crippen LogP contribution is -2.28. The van der Waals surface area contributed by atoms with E-state index in [1.807, 2.05) is 0 Å². The molecule has 0 bridgehead atoms. The van der Waals surface area contributed by atoms with Crippen molar-refractivity contribution in [1.82, 2.24) is 10.6 Å². The summed E-state index contributed by atoms with van der Waals surface area (Å²) < 4.78 is 0. The van der Waals surface area contributed by atoms with Crippen LogP contribution in [0.5, 0.6) is 0 Å². The summed E-state index contributed by atoms with van der Waals surface area (Å²) in [5.74, 6) is 0. The predicted octanol–water partition coefficient (Wildman–Crippen LogP) is 2.15. The maximum absolute atomic E-state index is 3.53. The largest absolute Gasteiger partial charge is 0.317 e. The highest BCUT2D eigenvalue weighted by Gasteiger charge is 2.13. The average Bonchev–Trinajstić information content (AvgIpc) is 2.54. The van der Waals surface area contributed by atoms with E-state index in [-0.39, 0.29) is 0 Å². The monoisotopic (exact) mass is 198 g/mol. The first-order valence-corrected chi connectivity index (χ1v) is 6.02. The van der Waals surface area contributed by atoms with Gasteiger partial charge in [-0.3, -0.25) is 0 Å². The van der Waals surface area contributed by atoms with Crippen molar-refractivity contribution in [3.05, 3.63) is 0 Å². The predicted molar refractivity (Wildman–Crippen MR) is 62.6 cm³/mol. The van der Waals surface area contributed by atoms with Gasteiger partial charge in [0.2, 0.25) is 0 Å². The molecule has 1 atom stereocenters. The molecule has 0 spiro atoms. The number of hydrogen-bond donors (Lipinski definition) is 2. The lowest BCUT2D eigenvalue weighted by atomic mass is 9.92. The fourth-order valence-corrected chi connectivity index (χ4v) is 1.87. The van der Waals surface area contributed by atoms with Crippen LogP contribution in [0, 0.1) is 5.41 Å². The second-order valence-electron chi connectivity index (χ2n) is 5.64. The summed E-state index contributed by atoms with van der Waals surface area (Å²) in [6.45, 7) is 10.5. The van der Waals surface area contributed by atoms with Crippen molar-refractivity contribution < 1.29 is 0 Å². The molecule has 1 heterocycles. The van der Waals surface area contributed by atoms with Crippen LogP contribution in [0.1, 0.15) is 46.5 Å². The molecule has 84 valence electrons. The zero-order valence-corrected chi connectivity index (χ0v) is 10.0. The molecule has 2 nitrogen and oxygen atoms in total. The molecule has 0 saturated carbocycles. The molecule has 0 aromatic carbocycles. The molecule has 1 saturated heterocycles. The van der Waals surface area contributed by atoms with Crippen molar-refractivity contribution in [2.75, 3.05) is 19.6 Å². The Bertz CT molecular complexity index is 143. The molecule has 1 unspecified atom stereocenters. The van der Waals surface area contributed by atoms with E-state index in [1.165, 1.54) is 38.8 Å². The van der Waals surface area contributed by atoms with Gasteiger partial charge in [0.15, 0.2) is 0 Å². The number of rotatable bonds is 5. The zero-order chi connectivity index (χ0) is 10.4. The summed E-state index contributed by atoms with van der Waals surface area (Å²) in [4.78, 5) is 0. The van der Waals surface area contributed by atoms with Crippen LogP contribution in [0.25, 0.3) is 0 Å². The lowest BCUT2D eigenvalue weighted by molar-refractivity contribution is 0.364. The normalized spacial score (nSPS) is 22.9. The maximum Gasteiger partial charge on any atom is 0.00796 e. The van der Waals surface area contributed by atoms with Crippen molar-refractivity contribution in [1.29, 1.82) is 0 Å². The molecular weight excluding hydrogens is 172 g/mol. The smallest absolute Gasteiger partial charge is 0.00796 e. The minimum Gasteiger partial charge on any atom is -0.317 e. The average molecular weight is 198 g/mol. The van der Waals surface area contributed by atoms with Crippen LogP contribution in [0.15, 0.2) is 0 Å². The molecule has 1 fully saturated rings. The van der Waals surface area contributed by atoms with Crippen molar-refractivity contribution in [2.45, 2.75) is 52.5 Å². The molecule has 2 N–H and O–H groups in total. The quantitative estimate of drug-likeness (QED) is 0.662. The van der Waals surface area contributed by atoms with Gasteiger partial charge in [-0.05, 0) is 50.7 Å². The third kappa shape index (κ3) is 5.61. The first-order valence-electron chi connectivity index (χ1n) is 6.02. The highest BCUT2D eigenvalue weighted by atomic mass is 14.9. The first-order chi connectivity index (χ1) is 6.58. The fraction of sp³-hybridized carbons (Fsp3) is 1.00. The Morgan fingerprint density at radius 3 is 2.64 bits per heavy atom. The Kier molecular flexibility index (Phi) is 4.90. The summed E-state index contributed by atoms with van der Waals surface area (Å²) in [7, 11) is 0. The number of hydrogen-bond acceptors (Lipinski definition) is 2. The molecule has 14 heavy (non-hydrogen) atoms. The van der Waals surface area contributed by atoms with Gasteiger partial charge in [-0.1, -0.05) is 20.8 Å². The summed E-state index contributed by atoms with van der Waals surface area (Å²) in [5.41, 5.74) is 0.471. The van der Waals surface area contributed by atoms with Crippen LogP contribution in [-0.4, -0.2) is 25.7 Å². The molecule has 0 aromatic heterocycles. The van der Waals surface area contributed by atoms with Crippen molar-refractivity contribution in [2.24, 2.45) is 5.41 Å². The Hall–Kier alpha value is -0.0800. The minimum absolute atomic E-state index is 0.471. The van der Waals surface area contributed by atoms with Crippen molar-refractivity contribution >= 4 is 0 Å². The van der Waals surface area contributed by atoms with E-state index in [0.717, 1.165) is 12.6 Å². The van der Waals surface area contributed by atoms with E-state index in [4.69, 9.17) is 0 Å². The van der Waals surface area contributed by atoms with Crippen LogP contribution in [-0.2, 0) is 0 Å². The van der Waals surface area contributed by atoms with Gasteiger partial charge in [-0.25, -0.2) is 0 Å². The van der Waals surface area contributed by atoms with Crippen LogP contribution in [0.4, 0.5) is 0 Å². The zero-order valence-electron chi connectivity index (χ0n) is 10.0. The Balaban J connectivity index is 1.89. The first kappa shape index (κ1) is 12.0. The Morgan fingerprint density at radius 2 is 2.07 bits per heavy atom. The SMILES string of the molecule is CC(C)(C)CCNCCC1CCCN1. The second kappa shape index (κ2) is 5.72. The Morgan fingerprint density at radius 1 is 1.29 bits per heavy atom. The molecule has 0 aliphatic carbocycles. The molecule has 1 rings (SSSR count). The van der Waals surface area contributed by atoms with Crippen molar-refractivity contribution in [3.8, 4) is 0 Å². The summed E-state index contributed by atoms with van der Waals surface area (Å²) in [5, 5.41) is 7.05. The standard InChI is InChI=1S/C12H26N2/c1-12(2,3)7-10-13-9-6-11-5-4-8-14-11/h11,13-14H,4-10H2,1-3H3. The van der Waals surface area contributed by atoms with E-state index >= 15 is 0 Å². The van der Waals surface area contributed by atoms with E-state index in [1.54, 1.807) is 0 Å². The molecule has 2 heteroatoms. The third-order valence-corrected chi connectivity index (χ3v) is 2.88. The molecular formula is C12H26N2. The maximum atomic E-state index is 3.53. The molecule has 0 aromatic rings. The molecule has 0 amide bonds. The van der Waals surface area contributed by atoms with Crippen LogP contribution >= 0.6 is 0 Å². The molecule has 0 radical (unpaired) electrons. The summed E-state index contributed by atoms with van der Waals surface area (Å²) in [6.07, 6.45) is 5.31. The Labute approximate surface area is 88.8 Å². The van der Waals surface area contributed by atoms with Crippen LogP contribution in [0.3, 0.4) is 0 Å². The van der Waals surface area contributed by atoms with E-state index < -0.39 is 0 Å². The van der Waals surface area contributed by atoms with Gasteiger partial charge in [-0.15, -0.1) is 0 Å². The van der Waals surface area contributed by atoms with Gasteiger partial charge in [0, 0.05) is 6.04 Å². The summed E-state index contributed by atoms with van der Waals surface area (Å²) in [6, 6.07) is 0.789.